The standard InChI is InChI=1S/C21H17F2N7O2/c1-29-10-12(9-24-29)16-3-2-4-17-26-19(28-30(16)17)21(32)25-15-6-5-11-7-13(22)8-14(23)18(11)27-20(15)31/h2-4,7-10,15H,5-6H2,1H3,(H,25,32)(H,27,31)/t15-/m0/s1. The molecular formula is C21H17F2N7O2. The highest BCUT2D eigenvalue weighted by Gasteiger charge is 2.28. The molecule has 3 aromatic heterocycles. The van der Waals surface area contributed by atoms with Crippen LogP contribution < -0.4 is 10.6 Å². The Hall–Kier alpha value is -4.15. The summed E-state index contributed by atoms with van der Waals surface area (Å²) in [4.78, 5) is 29.6. The maximum Gasteiger partial charge on any atom is 0.291 e. The number of anilines is 1. The Morgan fingerprint density at radius 2 is 2.12 bits per heavy atom. The highest BCUT2D eigenvalue weighted by molar-refractivity contribution is 6.01. The van der Waals surface area contributed by atoms with Gasteiger partial charge in [-0.3, -0.25) is 14.3 Å². The first-order valence-corrected chi connectivity index (χ1v) is 9.83. The van der Waals surface area contributed by atoms with Gasteiger partial charge in [0.1, 0.15) is 17.7 Å². The van der Waals surface area contributed by atoms with Gasteiger partial charge in [-0.2, -0.15) is 5.10 Å². The Labute approximate surface area is 180 Å². The summed E-state index contributed by atoms with van der Waals surface area (Å²) in [5.74, 6) is -2.94. The fourth-order valence-electron chi connectivity index (χ4n) is 3.74. The van der Waals surface area contributed by atoms with Crippen molar-refractivity contribution in [1.29, 1.82) is 0 Å². The monoisotopic (exact) mass is 437 g/mol. The fraction of sp³-hybridized carbons (Fsp3) is 0.190. The van der Waals surface area contributed by atoms with E-state index in [0.29, 0.717) is 23.0 Å². The van der Waals surface area contributed by atoms with Crippen molar-refractivity contribution in [1.82, 2.24) is 29.7 Å². The number of rotatable bonds is 3. The first kappa shape index (κ1) is 19.8. The Kier molecular flexibility index (Phi) is 4.65. The summed E-state index contributed by atoms with van der Waals surface area (Å²) >= 11 is 0. The van der Waals surface area contributed by atoms with Crippen molar-refractivity contribution >= 4 is 23.1 Å². The summed E-state index contributed by atoms with van der Waals surface area (Å²) in [6.07, 6.45) is 3.86. The second kappa shape index (κ2) is 7.52. The average Bonchev–Trinajstić information content (AvgIpc) is 3.35. The molecule has 4 heterocycles. The maximum atomic E-state index is 14.1. The van der Waals surface area contributed by atoms with E-state index in [4.69, 9.17) is 0 Å². The van der Waals surface area contributed by atoms with Gasteiger partial charge in [-0.15, -0.1) is 5.10 Å². The summed E-state index contributed by atoms with van der Waals surface area (Å²) in [5, 5.41) is 13.5. The number of aryl methyl sites for hydroxylation is 2. The molecule has 9 nitrogen and oxygen atoms in total. The van der Waals surface area contributed by atoms with Crippen molar-refractivity contribution < 1.29 is 18.4 Å². The van der Waals surface area contributed by atoms with Crippen LogP contribution in [-0.2, 0) is 18.3 Å². The Morgan fingerprint density at radius 1 is 1.28 bits per heavy atom. The van der Waals surface area contributed by atoms with Gasteiger partial charge in [-0.25, -0.2) is 18.3 Å². The van der Waals surface area contributed by atoms with Gasteiger partial charge in [0.05, 0.1) is 17.6 Å². The molecule has 32 heavy (non-hydrogen) atoms. The first-order chi connectivity index (χ1) is 15.4. The minimum Gasteiger partial charge on any atom is -0.337 e. The van der Waals surface area contributed by atoms with Crippen LogP contribution in [0.15, 0.2) is 42.7 Å². The molecule has 1 aliphatic heterocycles. The van der Waals surface area contributed by atoms with Crippen LogP contribution in [0.3, 0.4) is 0 Å². The molecule has 1 atom stereocenters. The molecule has 0 bridgehead atoms. The number of halogens is 2. The van der Waals surface area contributed by atoms with Gasteiger partial charge in [-0.1, -0.05) is 6.07 Å². The van der Waals surface area contributed by atoms with Crippen molar-refractivity contribution in [2.45, 2.75) is 18.9 Å². The molecule has 162 valence electrons. The number of fused-ring (bicyclic) bond motifs is 2. The number of hydrogen-bond donors (Lipinski definition) is 2. The van der Waals surface area contributed by atoms with Crippen LogP contribution in [-0.4, -0.2) is 42.2 Å². The van der Waals surface area contributed by atoms with E-state index in [1.807, 2.05) is 12.3 Å². The molecule has 0 saturated heterocycles. The van der Waals surface area contributed by atoms with E-state index >= 15 is 0 Å². The van der Waals surface area contributed by atoms with E-state index in [9.17, 15) is 18.4 Å². The molecule has 4 aromatic rings. The highest BCUT2D eigenvalue weighted by atomic mass is 19.1. The van der Waals surface area contributed by atoms with Crippen LogP contribution in [0.25, 0.3) is 16.9 Å². The Balaban J connectivity index is 1.39. The van der Waals surface area contributed by atoms with E-state index in [1.54, 1.807) is 30.1 Å². The zero-order valence-electron chi connectivity index (χ0n) is 16.8. The third-order valence-corrected chi connectivity index (χ3v) is 5.27. The number of nitrogens with zero attached hydrogens (tertiary/aromatic N) is 5. The predicted octanol–water partition coefficient (Wildman–Crippen LogP) is 2.09. The molecule has 0 radical (unpaired) electrons. The SMILES string of the molecule is Cn1cc(-c2cccc3nc(C(=O)N[C@H]4CCc5cc(F)cc(F)c5NC4=O)nn23)cn1. The Bertz CT molecular complexity index is 1380. The van der Waals surface area contributed by atoms with Crippen LogP contribution in [0.1, 0.15) is 22.6 Å². The van der Waals surface area contributed by atoms with Crippen molar-refractivity contribution in [3.63, 3.8) is 0 Å². The van der Waals surface area contributed by atoms with Gasteiger partial charge < -0.3 is 10.6 Å². The highest BCUT2D eigenvalue weighted by Crippen LogP contribution is 2.26. The number of nitrogens with one attached hydrogen (secondary N) is 2. The van der Waals surface area contributed by atoms with Gasteiger partial charge in [0, 0.05) is 24.9 Å². The van der Waals surface area contributed by atoms with E-state index in [2.05, 4.69) is 25.8 Å². The molecule has 0 spiro atoms. The summed E-state index contributed by atoms with van der Waals surface area (Å²) < 4.78 is 30.8. The second-order valence-electron chi connectivity index (χ2n) is 7.49. The van der Waals surface area contributed by atoms with Gasteiger partial charge in [0.15, 0.2) is 5.65 Å². The third-order valence-electron chi connectivity index (χ3n) is 5.27. The molecule has 11 heteroatoms. The molecule has 2 amide bonds. The van der Waals surface area contributed by atoms with E-state index in [-0.39, 0.29) is 24.4 Å². The molecule has 0 unspecified atom stereocenters. The largest absolute Gasteiger partial charge is 0.337 e. The number of pyridine rings is 1. The minimum atomic E-state index is -0.957. The first-order valence-electron chi connectivity index (χ1n) is 9.83. The molecule has 0 aliphatic carbocycles. The second-order valence-corrected chi connectivity index (χ2v) is 7.49. The summed E-state index contributed by atoms with van der Waals surface area (Å²) in [7, 11) is 1.79. The van der Waals surface area contributed by atoms with Gasteiger partial charge >= 0.3 is 0 Å². The van der Waals surface area contributed by atoms with Crippen LogP contribution in [0, 0.1) is 11.6 Å². The topological polar surface area (TPSA) is 106 Å². The van der Waals surface area contributed by atoms with Crippen molar-refractivity contribution in [2.24, 2.45) is 7.05 Å². The molecule has 1 aliphatic rings. The lowest BCUT2D eigenvalue weighted by Gasteiger charge is -2.14. The number of aromatic nitrogens is 5. The predicted molar refractivity (Wildman–Crippen MR) is 110 cm³/mol. The lowest BCUT2D eigenvalue weighted by Crippen LogP contribution is -2.43. The number of amides is 2. The van der Waals surface area contributed by atoms with Crippen molar-refractivity contribution in [3.05, 3.63) is 65.7 Å². The van der Waals surface area contributed by atoms with Crippen LogP contribution >= 0.6 is 0 Å². The van der Waals surface area contributed by atoms with Gasteiger partial charge in [0.25, 0.3) is 5.91 Å². The summed E-state index contributed by atoms with van der Waals surface area (Å²) in [6.45, 7) is 0. The smallest absolute Gasteiger partial charge is 0.291 e. The van der Waals surface area contributed by atoms with E-state index < -0.39 is 29.5 Å². The van der Waals surface area contributed by atoms with Crippen molar-refractivity contribution in [3.8, 4) is 11.3 Å². The molecule has 0 fully saturated rings. The average molecular weight is 437 g/mol. The number of carbonyl (C=O) groups is 2. The summed E-state index contributed by atoms with van der Waals surface area (Å²) in [5.41, 5.74) is 2.21. The molecular weight excluding hydrogens is 420 g/mol. The third kappa shape index (κ3) is 3.47. The van der Waals surface area contributed by atoms with Gasteiger partial charge in [-0.05, 0) is 36.6 Å². The lowest BCUT2D eigenvalue weighted by atomic mass is 10.1. The van der Waals surface area contributed by atoms with Gasteiger partial charge in [0.2, 0.25) is 11.7 Å². The number of carbonyl (C=O) groups excluding carboxylic acids is 2. The normalized spacial score (nSPS) is 15.8. The lowest BCUT2D eigenvalue weighted by molar-refractivity contribution is -0.118. The zero-order valence-corrected chi connectivity index (χ0v) is 16.8. The number of benzene rings is 1. The molecule has 5 rings (SSSR count). The van der Waals surface area contributed by atoms with E-state index in [1.165, 1.54) is 10.6 Å². The number of hydrogen-bond acceptors (Lipinski definition) is 5. The van der Waals surface area contributed by atoms with Crippen LogP contribution in [0.4, 0.5) is 14.5 Å². The maximum absolute atomic E-state index is 14.1. The van der Waals surface area contributed by atoms with E-state index in [0.717, 1.165) is 5.56 Å². The quantitative estimate of drug-likeness (QED) is 0.511. The molecule has 1 aromatic carbocycles. The zero-order chi connectivity index (χ0) is 22.4. The van der Waals surface area contributed by atoms with Crippen molar-refractivity contribution in [2.75, 3.05) is 5.32 Å². The van der Waals surface area contributed by atoms with Crippen LogP contribution in [0.2, 0.25) is 0 Å². The minimum absolute atomic E-state index is 0.0693. The van der Waals surface area contributed by atoms with Crippen LogP contribution in [0.5, 0.6) is 0 Å². The molecule has 0 saturated carbocycles. The molecule has 2 N–H and O–H groups in total. The fourth-order valence-corrected chi connectivity index (χ4v) is 3.74. The Morgan fingerprint density at radius 3 is 2.91 bits per heavy atom. The summed E-state index contributed by atoms with van der Waals surface area (Å²) in [6, 6.07) is 6.24.